The maximum absolute atomic E-state index is 2.65. The molecule has 6 heterocycles. The quantitative estimate of drug-likeness (QED) is 0.190. The maximum atomic E-state index is 2.65. The first-order chi connectivity index (χ1) is 27.4. The number of anilines is 10. The Morgan fingerprint density at radius 3 is 1.11 bits per heavy atom. The molecular formula is C48H29B3N4. The number of para-hydroxylation sites is 6. The van der Waals surface area contributed by atoms with E-state index in [0.717, 1.165) is 0 Å². The molecule has 0 bridgehead atoms. The summed E-state index contributed by atoms with van der Waals surface area (Å²) in [5.74, 6) is 0. The van der Waals surface area contributed by atoms with Crippen LogP contribution in [0.2, 0.25) is 0 Å². The summed E-state index contributed by atoms with van der Waals surface area (Å²) in [6.07, 6.45) is 0. The van der Waals surface area contributed by atoms with E-state index < -0.39 is 0 Å². The van der Waals surface area contributed by atoms with Gasteiger partial charge in [0, 0.05) is 62.4 Å². The predicted molar refractivity (Wildman–Crippen MR) is 233 cm³/mol. The lowest BCUT2D eigenvalue weighted by molar-refractivity contribution is 1.23. The summed E-state index contributed by atoms with van der Waals surface area (Å²) >= 11 is 0. The van der Waals surface area contributed by atoms with Crippen molar-refractivity contribution in [3.8, 4) is 11.1 Å². The van der Waals surface area contributed by atoms with Crippen LogP contribution in [0.5, 0.6) is 0 Å². The van der Waals surface area contributed by atoms with Crippen LogP contribution in [-0.4, -0.2) is 20.4 Å². The summed E-state index contributed by atoms with van der Waals surface area (Å²) in [5.41, 5.74) is 25.1. The topological polar surface area (TPSA) is 13.0 Å². The molecule has 0 atom stereocenters. The first-order valence-corrected chi connectivity index (χ1v) is 19.4. The highest BCUT2D eigenvalue weighted by atomic mass is 15.2. The van der Waals surface area contributed by atoms with Crippen LogP contribution in [0.1, 0.15) is 0 Å². The molecular weight excluding hydrogens is 665 g/mol. The third-order valence-corrected chi connectivity index (χ3v) is 13.1. The van der Waals surface area contributed by atoms with Gasteiger partial charge >= 0.3 is 13.7 Å². The molecule has 7 heteroatoms. The van der Waals surface area contributed by atoms with Gasteiger partial charge in [0.2, 0.25) is 0 Å². The van der Waals surface area contributed by atoms with Crippen molar-refractivity contribution in [3.63, 3.8) is 0 Å². The van der Waals surface area contributed by atoms with Gasteiger partial charge in [-0.25, -0.2) is 0 Å². The van der Waals surface area contributed by atoms with Crippen LogP contribution in [0.25, 0.3) is 11.1 Å². The first-order valence-electron chi connectivity index (χ1n) is 19.4. The highest BCUT2D eigenvalue weighted by Gasteiger charge is 2.58. The van der Waals surface area contributed by atoms with Crippen LogP contribution >= 0.6 is 0 Å². The Morgan fingerprint density at radius 1 is 0.291 bits per heavy atom. The monoisotopic (exact) mass is 694 g/mol. The Kier molecular flexibility index (Phi) is 5.21. The van der Waals surface area contributed by atoms with Gasteiger partial charge in [-0.1, -0.05) is 115 Å². The van der Waals surface area contributed by atoms with E-state index in [1.54, 1.807) is 0 Å². The highest BCUT2D eigenvalue weighted by Crippen LogP contribution is 2.55. The van der Waals surface area contributed by atoms with Crippen LogP contribution in [0.3, 0.4) is 0 Å². The van der Waals surface area contributed by atoms with E-state index in [1.807, 2.05) is 0 Å². The molecule has 0 saturated carbocycles. The van der Waals surface area contributed by atoms with Crippen molar-refractivity contribution in [1.29, 1.82) is 0 Å². The van der Waals surface area contributed by atoms with Gasteiger partial charge in [0.25, 0.3) is 6.71 Å². The summed E-state index contributed by atoms with van der Waals surface area (Å²) in [6, 6.07) is 66.0. The summed E-state index contributed by atoms with van der Waals surface area (Å²) in [5, 5.41) is 0. The van der Waals surface area contributed by atoms with E-state index >= 15 is 0 Å². The van der Waals surface area contributed by atoms with E-state index in [2.05, 4.69) is 195 Å². The number of hydrogen-bond acceptors (Lipinski definition) is 4. The molecule has 6 aliphatic heterocycles. The average Bonchev–Trinajstić information content (AvgIpc) is 3.26. The second-order valence-corrected chi connectivity index (χ2v) is 15.5. The molecule has 8 aromatic rings. The van der Waals surface area contributed by atoms with Crippen LogP contribution in [0.15, 0.2) is 176 Å². The van der Waals surface area contributed by atoms with E-state index in [9.17, 15) is 0 Å². The zero-order chi connectivity index (χ0) is 35.5. The Morgan fingerprint density at radius 2 is 0.655 bits per heavy atom. The third kappa shape index (κ3) is 3.28. The van der Waals surface area contributed by atoms with E-state index in [-0.39, 0.29) is 20.4 Å². The second kappa shape index (κ2) is 10.0. The molecule has 8 aromatic carbocycles. The van der Waals surface area contributed by atoms with E-state index in [4.69, 9.17) is 0 Å². The molecule has 0 aromatic heterocycles. The summed E-state index contributed by atoms with van der Waals surface area (Å²) in [4.78, 5) is 10.6. The van der Waals surface area contributed by atoms with E-state index in [0.29, 0.717) is 0 Å². The number of fused-ring (bicyclic) bond motifs is 12. The summed E-state index contributed by atoms with van der Waals surface area (Å²) in [7, 11) is 0. The molecule has 0 unspecified atom stereocenters. The van der Waals surface area contributed by atoms with Crippen molar-refractivity contribution in [2.75, 3.05) is 19.4 Å². The van der Waals surface area contributed by atoms with Crippen molar-refractivity contribution in [2.45, 2.75) is 0 Å². The zero-order valence-corrected chi connectivity index (χ0v) is 29.8. The minimum Gasteiger partial charge on any atom is -0.376 e. The fourth-order valence-electron chi connectivity index (χ4n) is 11.3. The molecule has 0 aliphatic carbocycles. The Balaban J connectivity index is 1.25. The third-order valence-electron chi connectivity index (χ3n) is 13.1. The second-order valence-electron chi connectivity index (χ2n) is 15.5. The van der Waals surface area contributed by atoms with Gasteiger partial charge in [-0.2, -0.15) is 0 Å². The summed E-state index contributed by atoms with van der Waals surface area (Å²) < 4.78 is 0. The molecule has 55 heavy (non-hydrogen) atoms. The van der Waals surface area contributed by atoms with Crippen molar-refractivity contribution in [2.24, 2.45) is 0 Å². The Hall–Kier alpha value is -6.85. The van der Waals surface area contributed by atoms with Gasteiger partial charge < -0.3 is 19.4 Å². The van der Waals surface area contributed by atoms with Crippen LogP contribution < -0.4 is 57.7 Å². The molecule has 14 rings (SSSR count). The van der Waals surface area contributed by atoms with Gasteiger partial charge in [-0.05, 0) is 104 Å². The number of rotatable bonds is 2. The van der Waals surface area contributed by atoms with Crippen molar-refractivity contribution in [1.82, 2.24) is 0 Å². The van der Waals surface area contributed by atoms with Crippen LogP contribution in [-0.2, 0) is 0 Å². The maximum Gasteiger partial charge on any atom is 0.333 e. The lowest BCUT2D eigenvalue weighted by atomic mass is 9.28. The molecule has 250 valence electrons. The standard InChI is InChI=1S/C48H29B3N4/c1-3-16-30(17-4-1)54-40-28-15-29-41-42(40)43-44-47-46-48-45(43)51(55(41)31-18-5-2-6-19-31)35-23-10-14-27-39(35)53(48)37-25-12-8-21-33(37)49(46)32-20-7-11-24-36(32)52(47)38-26-13-9-22-34(38)50(44)54/h1-29H. The molecule has 0 saturated heterocycles. The lowest BCUT2D eigenvalue weighted by Gasteiger charge is -2.56. The van der Waals surface area contributed by atoms with Crippen molar-refractivity contribution in [3.05, 3.63) is 176 Å². The number of benzene rings is 8. The van der Waals surface area contributed by atoms with Crippen molar-refractivity contribution < 1.29 is 0 Å². The Bertz CT molecular complexity index is 2810. The van der Waals surface area contributed by atoms with Gasteiger partial charge in [0.05, 0.1) is 0 Å². The fraction of sp³-hybridized carbons (Fsp3) is 0. The van der Waals surface area contributed by atoms with Gasteiger partial charge in [0.1, 0.15) is 0 Å². The molecule has 6 aliphatic rings. The van der Waals surface area contributed by atoms with Gasteiger partial charge in [-0.15, -0.1) is 0 Å². The number of nitrogens with zero attached hydrogens (tertiary/aromatic N) is 4. The van der Waals surface area contributed by atoms with Crippen LogP contribution in [0, 0.1) is 0 Å². The number of hydrogen-bond donors (Lipinski definition) is 0. The lowest BCUT2D eigenvalue weighted by Crippen LogP contribution is -2.74. The average molecular weight is 694 g/mol. The normalized spacial score (nSPS) is 15.0. The molecule has 0 amide bonds. The smallest absolute Gasteiger partial charge is 0.333 e. The molecule has 0 spiro atoms. The predicted octanol–water partition coefficient (Wildman–Crippen LogP) is 6.58. The molecule has 0 fully saturated rings. The fourth-order valence-corrected chi connectivity index (χ4v) is 11.3. The van der Waals surface area contributed by atoms with Gasteiger partial charge in [0.15, 0.2) is 0 Å². The summed E-state index contributed by atoms with van der Waals surface area (Å²) in [6.45, 7) is 0.0285. The SMILES string of the molecule is c1ccc(N2B3c4ccccc4N4c5ccccc5B5c6ccccc6N6c7ccccc7B7c8c(c3c4c5c86)-c3c2cccc3N7c2ccccc2)cc1. The minimum atomic E-state index is -0.0261. The molecule has 0 N–H and O–H groups in total. The largest absolute Gasteiger partial charge is 0.376 e. The zero-order valence-electron chi connectivity index (χ0n) is 29.8. The van der Waals surface area contributed by atoms with Crippen molar-refractivity contribution >= 4 is 116 Å². The molecule has 0 radical (unpaired) electrons. The Labute approximate surface area is 320 Å². The first kappa shape index (κ1) is 28.6. The highest BCUT2D eigenvalue weighted by molar-refractivity contribution is 7.05. The molecule has 4 nitrogen and oxygen atoms in total. The van der Waals surface area contributed by atoms with Gasteiger partial charge in [-0.3, -0.25) is 0 Å². The van der Waals surface area contributed by atoms with Crippen LogP contribution in [0.4, 0.5) is 56.9 Å². The minimum absolute atomic E-state index is 0.0261. The van der Waals surface area contributed by atoms with E-state index in [1.165, 1.54) is 106 Å².